The predicted octanol–water partition coefficient (Wildman–Crippen LogP) is 3.18. The third kappa shape index (κ3) is 5.36. The molecule has 41 heavy (non-hydrogen) atoms. The number of hydrogen-bond donors (Lipinski definition) is 0. The van der Waals surface area contributed by atoms with Gasteiger partial charge in [-0.2, -0.15) is 5.26 Å². The molecule has 0 spiro atoms. The zero-order valence-electron chi connectivity index (χ0n) is 22.9. The van der Waals surface area contributed by atoms with Crippen LogP contribution >= 0.6 is 0 Å². The maximum absolute atomic E-state index is 15.2. The van der Waals surface area contributed by atoms with Crippen molar-refractivity contribution in [1.82, 2.24) is 29.3 Å². The third-order valence-electron chi connectivity index (χ3n) is 6.92. The zero-order valence-corrected chi connectivity index (χ0v) is 22.9. The van der Waals surface area contributed by atoms with Crippen molar-refractivity contribution >= 4 is 17.9 Å². The first-order chi connectivity index (χ1) is 19.8. The standard InChI is InChI=1S/C28H28FN9O3/c1-4-19-13-32-26(33-14-19)35-8-9-36(18(3)16-35)25-21(12-30)10-22(15-31-25)20-6-7-24(23(29)11-20)37-17-34-38(27(37)39)28(40)41-5-2/h6-7,10-11,13-15,17-18H,4-5,8-9,16H2,1-3H3/t18-/m0/s1. The second kappa shape index (κ2) is 11.5. The van der Waals surface area contributed by atoms with Crippen LogP contribution in [-0.4, -0.2) is 67.7 Å². The number of hydrogen-bond acceptors (Lipinski definition) is 10. The number of nitriles is 1. The number of rotatable bonds is 6. The molecule has 210 valence electrons. The van der Waals surface area contributed by atoms with Gasteiger partial charge in [-0.05, 0) is 49.6 Å². The molecular weight excluding hydrogens is 529 g/mol. The summed E-state index contributed by atoms with van der Waals surface area (Å²) in [6.45, 7) is 7.74. The number of nitrogens with zero attached hydrogens (tertiary/aromatic N) is 9. The molecule has 1 saturated heterocycles. The quantitative estimate of drug-likeness (QED) is 0.348. The summed E-state index contributed by atoms with van der Waals surface area (Å²) in [4.78, 5) is 42.2. The molecule has 4 heterocycles. The van der Waals surface area contributed by atoms with Crippen molar-refractivity contribution in [1.29, 1.82) is 5.26 Å². The molecule has 0 aliphatic carbocycles. The molecule has 0 unspecified atom stereocenters. The van der Waals surface area contributed by atoms with E-state index < -0.39 is 17.6 Å². The van der Waals surface area contributed by atoms with E-state index in [1.165, 1.54) is 12.1 Å². The van der Waals surface area contributed by atoms with Gasteiger partial charge < -0.3 is 14.5 Å². The number of aryl methyl sites for hydroxylation is 1. The second-order valence-corrected chi connectivity index (χ2v) is 9.50. The van der Waals surface area contributed by atoms with Crippen LogP contribution in [0.3, 0.4) is 0 Å². The highest BCUT2D eigenvalue weighted by Gasteiger charge is 2.28. The Labute approximate surface area is 235 Å². The second-order valence-electron chi connectivity index (χ2n) is 9.50. The van der Waals surface area contributed by atoms with E-state index in [9.17, 15) is 14.9 Å². The number of pyridine rings is 1. The molecule has 4 aromatic rings. The van der Waals surface area contributed by atoms with Crippen LogP contribution in [0.25, 0.3) is 16.8 Å². The Morgan fingerprint density at radius 1 is 1.12 bits per heavy atom. The van der Waals surface area contributed by atoms with Crippen molar-refractivity contribution in [3.63, 3.8) is 0 Å². The normalized spacial score (nSPS) is 15.0. The average molecular weight is 558 g/mol. The number of aromatic nitrogens is 6. The number of halogens is 1. The Balaban J connectivity index is 1.36. The van der Waals surface area contributed by atoms with Crippen LogP contribution in [0.1, 0.15) is 31.9 Å². The van der Waals surface area contributed by atoms with E-state index in [0.717, 1.165) is 22.9 Å². The first kappa shape index (κ1) is 27.4. The minimum atomic E-state index is -0.946. The lowest BCUT2D eigenvalue weighted by Crippen LogP contribution is -2.53. The van der Waals surface area contributed by atoms with Gasteiger partial charge in [-0.3, -0.25) is 0 Å². The molecule has 13 heteroatoms. The Hall–Kier alpha value is -5.12. The van der Waals surface area contributed by atoms with E-state index in [-0.39, 0.29) is 18.3 Å². The summed E-state index contributed by atoms with van der Waals surface area (Å²) in [5.74, 6) is 0.522. The molecule has 3 aromatic heterocycles. The number of ether oxygens (including phenoxy) is 1. The summed E-state index contributed by atoms with van der Waals surface area (Å²) < 4.78 is 21.4. The van der Waals surface area contributed by atoms with Crippen molar-refractivity contribution in [3.05, 3.63) is 76.6 Å². The maximum Gasteiger partial charge on any atom is 0.439 e. The van der Waals surface area contributed by atoms with Crippen LogP contribution in [0.2, 0.25) is 0 Å². The van der Waals surface area contributed by atoms with Crippen molar-refractivity contribution in [2.45, 2.75) is 33.2 Å². The number of anilines is 2. The molecule has 1 aromatic carbocycles. The van der Waals surface area contributed by atoms with Crippen molar-refractivity contribution < 1.29 is 13.9 Å². The van der Waals surface area contributed by atoms with Gasteiger partial charge in [0.25, 0.3) is 0 Å². The van der Waals surface area contributed by atoms with Gasteiger partial charge in [-0.15, -0.1) is 9.78 Å². The van der Waals surface area contributed by atoms with Gasteiger partial charge in [0.2, 0.25) is 5.95 Å². The van der Waals surface area contributed by atoms with E-state index in [2.05, 4.69) is 49.8 Å². The van der Waals surface area contributed by atoms with Gasteiger partial charge in [0, 0.05) is 49.8 Å². The van der Waals surface area contributed by atoms with Crippen molar-refractivity contribution in [3.8, 4) is 22.9 Å². The zero-order chi connectivity index (χ0) is 29.1. The minimum absolute atomic E-state index is 0.0363. The van der Waals surface area contributed by atoms with Crippen LogP contribution in [0, 0.1) is 17.1 Å². The molecule has 0 radical (unpaired) electrons. The molecule has 1 fully saturated rings. The monoisotopic (exact) mass is 557 g/mol. The fraction of sp³-hybridized carbons (Fsp3) is 0.321. The molecule has 1 atom stereocenters. The third-order valence-corrected chi connectivity index (χ3v) is 6.92. The van der Waals surface area contributed by atoms with Crippen LogP contribution in [0.5, 0.6) is 0 Å². The summed E-state index contributed by atoms with van der Waals surface area (Å²) in [5, 5.41) is 13.7. The van der Waals surface area contributed by atoms with E-state index in [4.69, 9.17) is 4.74 Å². The number of carbonyl (C=O) groups is 1. The van der Waals surface area contributed by atoms with E-state index in [1.54, 1.807) is 25.3 Å². The van der Waals surface area contributed by atoms with Gasteiger partial charge in [0.15, 0.2) is 0 Å². The maximum atomic E-state index is 15.2. The van der Waals surface area contributed by atoms with Gasteiger partial charge in [-0.25, -0.2) is 33.5 Å². The SMILES string of the molecule is CCOC(=O)n1ncn(-c2ccc(-c3cnc(N4CCN(c5ncc(CC)cn5)C[C@@H]4C)c(C#N)c3)cc2F)c1=O. The summed E-state index contributed by atoms with van der Waals surface area (Å²) in [5.41, 5.74) is 1.52. The first-order valence-corrected chi connectivity index (χ1v) is 13.2. The molecule has 0 saturated carbocycles. The Bertz CT molecular complexity index is 1680. The summed E-state index contributed by atoms with van der Waals surface area (Å²) in [6, 6.07) is 8.19. The average Bonchev–Trinajstić information content (AvgIpc) is 3.37. The lowest BCUT2D eigenvalue weighted by atomic mass is 10.0. The molecule has 0 amide bonds. The molecule has 5 rings (SSSR count). The predicted molar refractivity (Wildman–Crippen MR) is 149 cm³/mol. The topological polar surface area (TPSA) is 135 Å². The number of carbonyl (C=O) groups excluding carboxylic acids is 1. The number of benzene rings is 1. The molecular formula is C28H28FN9O3. The highest BCUT2D eigenvalue weighted by Crippen LogP contribution is 2.29. The van der Waals surface area contributed by atoms with Crippen LogP contribution in [0.4, 0.5) is 21.0 Å². The largest absolute Gasteiger partial charge is 0.448 e. The molecule has 1 aliphatic heterocycles. The summed E-state index contributed by atoms with van der Waals surface area (Å²) in [6.07, 6.45) is 6.27. The minimum Gasteiger partial charge on any atom is -0.448 e. The van der Waals surface area contributed by atoms with Gasteiger partial charge >= 0.3 is 11.8 Å². The van der Waals surface area contributed by atoms with E-state index >= 15 is 4.39 Å². The van der Waals surface area contributed by atoms with Crippen LogP contribution in [0.15, 0.2) is 54.0 Å². The molecule has 0 bridgehead atoms. The Morgan fingerprint density at radius 2 is 1.90 bits per heavy atom. The fourth-order valence-electron chi connectivity index (χ4n) is 4.74. The van der Waals surface area contributed by atoms with Crippen LogP contribution in [-0.2, 0) is 11.2 Å². The summed E-state index contributed by atoms with van der Waals surface area (Å²) >= 11 is 0. The smallest absolute Gasteiger partial charge is 0.439 e. The van der Waals surface area contributed by atoms with Crippen molar-refractivity contribution in [2.75, 3.05) is 36.0 Å². The molecule has 12 nitrogen and oxygen atoms in total. The van der Waals surface area contributed by atoms with Gasteiger partial charge in [0.05, 0.1) is 17.9 Å². The summed E-state index contributed by atoms with van der Waals surface area (Å²) in [7, 11) is 0. The van der Waals surface area contributed by atoms with Crippen molar-refractivity contribution in [2.24, 2.45) is 0 Å². The van der Waals surface area contributed by atoms with E-state index in [1.807, 2.05) is 12.4 Å². The molecule has 1 aliphatic rings. The Morgan fingerprint density at radius 3 is 2.56 bits per heavy atom. The molecule has 0 N–H and O–H groups in total. The fourth-order valence-corrected chi connectivity index (χ4v) is 4.74. The lowest BCUT2D eigenvalue weighted by Gasteiger charge is -2.40. The highest BCUT2D eigenvalue weighted by atomic mass is 19.1. The van der Waals surface area contributed by atoms with E-state index in [0.29, 0.717) is 52.8 Å². The van der Waals surface area contributed by atoms with Gasteiger partial charge in [-0.1, -0.05) is 13.0 Å². The Kier molecular flexibility index (Phi) is 7.73. The van der Waals surface area contributed by atoms with Gasteiger partial charge in [0.1, 0.15) is 24.0 Å². The number of piperazine rings is 1. The highest BCUT2D eigenvalue weighted by molar-refractivity contribution is 5.70. The lowest BCUT2D eigenvalue weighted by molar-refractivity contribution is 0.149. The first-order valence-electron chi connectivity index (χ1n) is 13.2. The van der Waals surface area contributed by atoms with Crippen LogP contribution < -0.4 is 15.5 Å².